The Morgan fingerprint density at radius 3 is 2.39 bits per heavy atom. The molecule has 1 aromatic carbocycles. The molecule has 1 amide bonds. The fourth-order valence-corrected chi connectivity index (χ4v) is 4.89. The van der Waals surface area contributed by atoms with Crippen LogP contribution in [0.1, 0.15) is 81.8 Å². The molecule has 0 aliphatic carbocycles. The molecule has 2 heterocycles. The minimum atomic E-state index is 0.0315. The molecular formula is C30H51N5O3. The van der Waals surface area contributed by atoms with E-state index in [1.807, 2.05) is 63.7 Å². The molecule has 2 aliphatic rings. The van der Waals surface area contributed by atoms with Gasteiger partial charge in [0.05, 0.1) is 11.7 Å². The van der Waals surface area contributed by atoms with Gasteiger partial charge in [0.2, 0.25) is 0 Å². The predicted octanol–water partition coefficient (Wildman–Crippen LogP) is 5.28. The van der Waals surface area contributed by atoms with Crippen LogP contribution < -0.4 is 5.32 Å². The van der Waals surface area contributed by atoms with Crippen molar-refractivity contribution < 1.29 is 14.3 Å². The average Bonchev–Trinajstić information content (AvgIpc) is 3.25. The lowest BCUT2D eigenvalue weighted by Crippen LogP contribution is -2.48. The van der Waals surface area contributed by atoms with E-state index in [0.29, 0.717) is 17.9 Å². The lowest BCUT2D eigenvalue weighted by atomic mass is 9.97. The van der Waals surface area contributed by atoms with Crippen LogP contribution in [0.15, 0.2) is 23.3 Å². The summed E-state index contributed by atoms with van der Waals surface area (Å²) < 4.78 is 5.62. The summed E-state index contributed by atoms with van der Waals surface area (Å²) in [5.74, 6) is 0.0315. The van der Waals surface area contributed by atoms with Crippen LogP contribution in [0.5, 0.6) is 0 Å². The molecule has 0 radical (unpaired) electrons. The molecule has 2 aliphatic heterocycles. The first kappa shape index (κ1) is 33.3. The van der Waals surface area contributed by atoms with Crippen LogP contribution >= 0.6 is 0 Å². The number of hydrazone groups is 1. The number of rotatable bonds is 9. The van der Waals surface area contributed by atoms with Gasteiger partial charge in [0.15, 0.2) is 0 Å². The Morgan fingerprint density at radius 1 is 1.13 bits per heavy atom. The van der Waals surface area contributed by atoms with E-state index in [9.17, 15) is 9.59 Å². The van der Waals surface area contributed by atoms with E-state index >= 15 is 0 Å². The summed E-state index contributed by atoms with van der Waals surface area (Å²) in [6.45, 7) is 21.6. The molecule has 0 saturated carbocycles. The van der Waals surface area contributed by atoms with Crippen molar-refractivity contribution in [3.63, 3.8) is 0 Å². The molecule has 3 rings (SSSR count). The van der Waals surface area contributed by atoms with Crippen molar-refractivity contribution in [3.05, 3.63) is 34.9 Å². The van der Waals surface area contributed by atoms with Crippen molar-refractivity contribution in [2.45, 2.75) is 73.3 Å². The monoisotopic (exact) mass is 529 g/mol. The third kappa shape index (κ3) is 8.95. The Labute approximate surface area is 231 Å². The number of allylic oxidation sites excluding steroid dienone is 1. The van der Waals surface area contributed by atoms with Crippen LogP contribution in [0.4, 0.5) is 5.69 Å². The second-order valence-electron chi connectivity index (χ2n) is 8.97. The van der Waals surface area contributed by atoms with E-state index in [4.69, 9.17) is 4.74 Å². The van der Waals surface area contributed by atoms with Gasteiger partial charge in [-0.15, -0.1) is 0 Å². The number of aldehydes is 1. The third-order valence-electron chi connectivity index (χ3n) is 6.73. The molecule has 0 aromatic heterocycles. The van der Waals surface area contributed by atoms with Crippen molar-refractivity contribution in [2.24, 2.45) is 5.10 Å². The molecular weight excluding hydrogens is 478 g/mol. The standard InChI is InChI=1S/C26H39N5O3.2C2H6/c1-5-10-29-11-13-30(14-12-29)26(33)22-19-23(24(27-3)18-20(22)2)25(8-15-32)31(28-4)21-7-6-16-34-17-9-21;2*1-2/h8,15,18-19,21,27H,4-7,9-14,16-17H2,1-3H3;2*1-2H3/b25-8+;;. The first-order chi connectivity index (χ1) is 18.5. The highest BCUT2D eigenvalue weighted by molar-refractivity contribution is 5.98. The number of nitrogens with one attached hydrogen (secondary N) is 1. The molecule has 38 heavy (non-hydrogen) atoms. The number of ether oxygens (including phenoxy) is 1. The minimum absolute atomic E-state index is 0.0315. The lowest BCUT2D eigenvalue weighted by molar-refractivity contribution is -0.104. The van der Waals surface area contributed by atoms with Crippen LogP contribution in [-0.2, 0) is 9.53 Å². The second-order valence-corrected chi connectivity index (χ2v) is 8.97. The molecule has 1 aromatic rings. The number of hydrogen-bond donors (Lipinski definition) is 1. The van der Waals surface area contributed by atoms with Crippen LogP contribution in [-0.4, -0.2) is 92.7 Å². The zero-order valence-electron chi connectivity index (χ0n) is 24.9. The number of benzene rings is 1. The molecule has 1 N–H and O–H groups in total. The highest BCUT2D eigenvalue weighted by Crippen LogP contribution is 2.33. The molecule has 1 unspecified atom stereocenters. The Hall–Kier alpha value is -2.71. The number of nitrogens with zero attached hydrogens (tertiary/aromatic N) is 4. The van der Waals surface area contributed by atoms with Crippen molar-refractivity contribution in [3.8, 4) is 0 Å². The average molecular weight is 530 g/mol. The van der Waals surface area contributed by atoms with Gasteiger partial charge in [-0.3, -0.25) is 19.5 Å². The fourth-order valence-electron chi connectivity index (χ4n) is 4.89. The fraction of sp³-hybridized carbons (Fsp3) is 0.633. The van der Waals surface area contributed by atoms with E-state index in [1.54, 1.807) is 0 Å². The van der Waals surface area contributed by atoms with Gasteiger partial charge in [-0.2, -0.15) is 5.10 Å². The molecule has 8 heteroatoms. The van der Waals surface area contributed by atoms with Gasteiger partial charge in [0, 0.05) is 76.0 Å². The number of aryl methyl sites for hydroxylation is 1. The highest BCUT2D eigenvalue weighted by atomic mass is 16.5. The van der Waals surface area contributed by atoms with E-state index in [1.165, 1.54) is 6.08 Å². The maximum atomic E-state index is 13.5. The first-order valence-electron chi connectivity index (χ1n) is 14.4. The molecule has 0 bridgehead atoms. The largest absolute Gasteiger partial charge is 0.388 e. The van der Waals surface area contributed by atoms with Crippen LogP contribution in [0.25, 0.3) is 5.70 Å². The normalized spacial score (nSPS) is 18.1. The van der Waals surface area contributed by atoms with Crippen LogP contribution in [0, 0.1) is 6.92 Å². The van der Waals surface area contributed by atoms with Gasteiger partial charge < -0.3 is 15.0 Å². The number of carbonyl (C=O) groups is 2. The summed E-state index contributed by atoms with van der Waals surface area (Å²) in [5, 5.41) is 9.37. The first-order valence-corrected chi connectivity index (χ1v) is 14.4. The lowest BCUT2D eigenvalue weighted by Gasteiger charge is -2.35. The smallest absolute Gasteiger partial charge is 0.254 e. The van der Waals surface area contributed by atoms with Gasteiger partial charge in [-0.25, -0.2) is 0 Å². The van der Waals surface area contributed by atoms with E-state index < -0.39 is 0 Å². The molecule has 2 fully saturated rings. The Morgan fingerprint density at radius 2 is 1.82 bits per heavy atom. The highest BCUT2D eigenvalue weighted by Gasteiger charge is 2.27. The number of piperazine rings is 1. The topological polar surface area (TPSA) is 77.5 Å². The number of carbonyl (C=O) groups excluding carboxylic acids is 2. The number of anilines is 1. The van der Waals surface area contributed by atoms with Crippen molar-refractivity contribution >= 4 is 30.3 Å². The predicted molar refractivity (Wildman–Crippen MR) is 160 cm³/mol. The molecule has 1 atom stereocenters. The van der Waals surface area contributed by atoms with Crippen molar-refractivity contribution in [2.75, 3.05) is 58.3 Å². The van der Waals surface area contributed by atoms with Crippen LogP contribution in [0.2, 0.25) is 0 Å². The van der Waals surface area contributed by atoms with Gasteiger partial charge in [0.1, 0.15) is 6.29 Å². The molecule has 8 nitrogen and oxygen atoms in total. The summed E-state index contributed by atoms with van der Waals surface area (Å²) in [4.78, 5) is 29.6. The Bertz CT molecular complexity index is 886. The summed E-state index contributed by atoms with van der Waals surface area (Å²) in [6, 6.07) is 3.96. The number of amides is 1. The van der Waals surface area contributed by atoms with Crippen LogP contribution in [0.3, 0.4) is 0 Å². The molecule has 2 saturated heterocycles. The van der Waals surface area contributed by atoms with E-state index in [2.05, 4.69) is 29.0 Å². The van der Waals surface area contributed by atoms with E-state index in [0.717, 1.165) is 88.1 Å². The van der Waals surface area contributed by atoms with E-state index in [-0.39, 0.29) is 11.9 Å². The van der Waals surface area contributed by atoms with Gasteiger partial charge >= 0.3 is 0 Å². The molecule has 0 spiro atoms. The van der Waals surface area contributed by atoms with Gasteiger partial charge in [0.25, 0.3) is 5.91 Å². The second kappa shape index (κ2) is 18.5. The van der Waals surface area contributed by atoms with Gasteiger partial charge in [-0.05, 0) is 56.8 Å². The Kier molecular flexibility index (Phi) is 16.2. The Balaban J connectivity index is 0.00000172. The summed E-state index contributed by atoms with van der Waals surface area (Å²) in [5.41, 5.74) is 3.81. The molecule has 214 valence electrons. The number of hydrogen-bond acceptors (Lipinski definition) is 7. The third-order valence-corrected chi connectivity index (χ3v) is 6.73. The van der Waals surface area contributed by atoms with Crippen molar-refractivity contribution in [1.29, 1.82) is 0 Å². The zero-order valence-corrected chi connectivity index (χ0v) is 24.9. The van der Waals surface area contributed by atoms with Crippen molar-refractivity contribution in [1.82, 2.24) is 14.8 Å². The minimum Gasteiger partial charge on any atom is -0.388 e. The zero-order chi connectivity index (χ0) is 28.5. The summed E-state index contributed by atoms with van der Waals surface area (Å²) in [7, 11) is 1.84. The summed E-state index contributed by atoms with van der Waals surface area (Å²) >= 11 is 0. The quantitative estimate of drug-likeness (QED) is 0.203. The summed E-state index contributed by atoms with van der Waals surface area (Å²) in [6.07, 6.45) is 6.02. The SMILES string of the molecule is C=NN(/C(=C/C=O)c1cc(C(=O)N2CCN(CCC)CC2)c(C)cc1NC)C1CCCOCC1.CC.CC. The van der Waals surface area contributed by atoms with Gasteiger partial charge in [-0.1, -0.05) is 34.6 Å². The maximum absolute atomic E-state index is 13.5. The maximum Gasteiger partial charge on any atom is 0.254 e.